The molecule has 0 radical (unpaired) electrons. The van der Waals surface area contributed by atoms with E-state index in [1.807, 2.05) is 19.9 Å². The summed E-state index contributed by atoms with van der Waals surface area (Å²) in [5.74, 6) is -0.0447. The third kappa shape index (κ3) is 4.93. The normalized spacial score (nSPS) is 18.7. The van der Waals surface area contributed by atoms with Gasteiger partial charge in [-0.3, -0.25) is 0 Å². The Morgan fingerprint density at radius 1 is 1.19 bits per heavy atom. The van der Waals surface area contributed by atoms with Crippen molar-refractivity contribution >= 4 is 21.6 Å². The topological polar surface area (TPSA) is 72.4 Å². The van der Waals surface area contributed by atoms with Crippen molar-refractivity contribution in [1.29, 1.82) is 0 Å². The van der Waals surface area contributed by atoms with Crippen LogP contribution < -0.4 is 4.74 Å². The molecule has 1 aliphatic rings. The molecule has 1 aromatic carbocycles. The van der Waals surface area contributed by atoms with E-state index in [4.69, 9.17) is 16.3 Å². The zero-order chi connectivity index (χ0) is 18.7. The molecule has 2 aromatic rings. The van der Waals surface area contributed by atoms with Crippen LogP contribution in [0.15, 0.2) is 30.3 Å². The summed E-state index contributed by atoms with van der Waals surface area (Å²) in [5.41, 5.74) is 2.38. The first-order valence-electron chi connectivity index (χ1n) is 8.53. The van der Waals surface area contributed by atoms with Crippen molar-refractivity contribution in [2.75, 3.05) is 13.1 Å². The molecule has 1 aliphatic heterocycles. The van der Waals surface area contributed by atoms with Crippen molar-refractivity contribution in [3.05, 3.63) is 52.3 Å². The largest absolute Gasteiger partial charge is 0.459 e. The van der Waals surface area contributed by atoms with Gasteiger partial charge >= 0.3 is 6.01 Å². The highest BCUT2D eigenvalue weighted by Crippen LogP contribution is 2.21. The van der Waals surface area contributed by atoms with Gasteiger partial charge in [0.1, 0.15) is 6.10 Å². The summed E-state index contributed by atoms with van der Waals surface area (Å²) in [6, 6.07) is 9.06. The van der Waals surface area contributed by atoms with Crippen molar-refractivity contribution in [3.8, 4) is 6.01 Å². The van der Waals surface area contributed by atoms with Crippen molar-refractivity contribution in [2.24, 2.45) is 0 Å². The summed E-state index contributed by atoms with van der Waals surface area (Å²) in [6.45, 7) is 4.58. The quantitative estimate of drug-likeness (QED) is 0.777. The second-order valence-corrected chi connectivity index (χ2v) is 8.96. The molecule has 1 atom stereocenters. The summed E-state index contributed by atoms with van der Waals surface area (Å²) in [7, 11) is -3.42. The number of aromatic nitrogens is 2. The van der Waals surface area contributed by atoms with Gasteiger partial charge in [-0.2, -0.15) is 4.31 Å². The Morgan fingerprint density at radius 3 is 2.50 bits per heavy atom. The summed E-state index contributed by atoms with van der Waals surface area (Å²) in [5, 5.41) is 0.589. The molecule has 0 N–H and O–H groups in total. The molecular formula is C18H22ClN3O3S. The molecule has 1 aromatic heterocycles. The fourth-order valence-corrected chi connectivity index (χ4v) is 4.75. The highest BCUT2D eigenvalue weighted by molar-refractivity contribution is 7.88. The predicted molar refractivity (Wildman–Crippen MR) is 101 cm³/mol. The number of hydrogen-bond donors (Lipinski definition) is 0. The number of aryl methyl sites for hydroxylation is 2. The molecule has 0 amide bonds. The van der Waals surface area contributed by atoms with Gasteiger partial charge in [-0.05, 0) is 50.5 Å². The molecule has 0 saturated carbocycles. The van der Waals surface area contributed by atoms with Gasteiger partial charge in [0, 0.05) is 23.0 Å². The molecule has 6 nitrogen and oxygen atoms in total. The van der Waals surface area contributed by atoms with E-state index in [9.17, 15) is 8.42 Å². The van der Waals surface area contributed by atoms with Crippen LogP contribution in [0, 0.1) is 13.8 Å². The molecule has 3 rings (SSSR count). The van der Waals surface area contributed by atoms with Crippen LogP contribution in [0.2, 0.25) is 5.02 Å². The number of rotatable bonds is 5. The third-order valence-electron chi connectivity index (χ3n) is 4.23. The summed E-state index contributed by atoms with van der Waals surface area (Å²) >= 11 is 5.86. The molecule has 1 fully saturated rings. The maximum atomic E-state index is 12.8. The Balaban J connectivity index is 1.67. The number of benzene rings is 1. The standard InChI is InChI=1S/C18H22ClN3O3S/c1-13-10-14(2)21-18(20-13)25-17-4-3-9-22(11-17)26(23,24)12-15-5-7-16(19)8-6-15/h5-8,10,17H,3-4,9,11-12H2,1-2H3/t17-/m0/s1. The highest BCUT2D eigenvalue weighted by Gasteiger charge is 2.30. The van der Waals surface area contributed by atoms with Crippen LogP contribution in [0.1, 0.15) is 29.8 Å². The van der Waals surface area contributed by atoms with Gasteiger partial charge in [-0.1, -0.05) is 23.7 Å². The Labute approximate surface area is 159 Å². The highest BCUT2D eigenvalue weighted by atomic mass is 35.5. The van der Waals surface area contributed by atoms with Crippen molar-refractivity contribution in [2.45, 2.75) is 38.5 Å². The number of ether oxygens (including phenoxy) is 1. The van der Waals surface area contributed by atoms with Crippen molar-refractivity contribution in [1.82, 2.24) is 14.3 Å². The Kier molecular flexibility index (Phi) is 5.79. The van der Waals surface area contributed by atoms with Crippen LogP contribution in [0.5, 0.6) is 6.01 Å². The van der Waals surface area contributed by atoms with Gasteiger partial charge in [-0.25, -0.2) is 18.4 Å². The van der Waals surface area contributed by atoms with Crippen LogP contribution in [0.3, 0.4) is 0 Å². The second kappa shape index (κ2) is 7.90. The lowest BCUT2D eigenvalue weighted by Gasteiger charge is -2.31. The Bertz CT molecular complexity index is 852. The van der Waals surface area contributed by atoms with Gasteiger partial charge in [0.25, 0.3) is 0 Å². The molecule has 140 valence electrons. The minimum Gasteiger partial charge on any atom is -0.459 e. The van der Waals surface area contributed by atoms with Crippen LogP contribution >= 0.6 is 11.6 Å². The number of sulfonamides is 1. The van der Waals surface area contributed by atoms with Crippen LogP contribution in [0.25, 0.3) is 0 Å². The average Bonchev–Trinajstić information content (AvgIpc) is 2.56. The number of hydrogen-bond acceptors (Lipinski definition) is 5. The van der Waals surface area contributed by atoms with E-state index < -0.39 is 10.0 Å². The molecule has 0 aliphatic carbocycles. The maximum Gasteiger partial charge on any atom is 0.317 e. The lowest BCUT2D eigenvalue weighted by molar-refractivity contribution is 0.118. The Hall–Kier alpha value is -1.70. The number of nitrogens with zero attached hydrogens (tertiary/aromatic N) is 3. The summed E-state index contributed by atoms with van der Waals surface area (Å²) in [6.07, 6.45) is 1.28. The van der Waals surface area contributed by atoms with E-state index in [0.29, 0.717) is 24.1 Å². The van der Waals surface area contributed by atoms with E-state index in [2.05, 4.69) is 9.97 Å². The zero-order valence-corrected chi connectivity index (χ0v) is 16.4. The number of halogens is 1. The summed E-state index contributed by atoms with van der Waals surface area (Å²) in [4.78, 5) is 8.56. The third-order valence-corrected chi connectivity index (χ3v) is 6.30. The molecule has 1 saturated heterocycles. The molecule has 8 heteroatoms. The average molecular weight is 396 g/mol. The fourth-order valence-electron chi connectivity index (χ4n) is 3.03. The van der Waals surface area contributed by atoms with Gasteiger partial charge < -0.3 is 4.74 Å². The minimum absolute atomic E-state index is 0.0447. The van der Waals surface area contributed by atoms with Gasteiger partial charge in [-0.15, -0.1) is 0 Å². The molecular weight excluding hydrogens is 374 g/mol. The SMILES string of the molecule is Cc1cc(C)nc(O[C@H]2CCCN(S(=O)(=O)Cc3ccc(Cl)cc3)C2)n1. The van der Waals surface area contributed by atoms with Crippen molar-refractivity contribution in [3.63, 3.8) is 0 Å². The van der Waals surface area contributed by atoms with Crippen LogP contribution in [-0.2, 0) is 15.8 Å². The molecule has 0 bridgehead atoms. The lowest BCUT2D eigenvalue weighted by atomic mass is 10.1. The molecule has 26 heavy (non-hydrogen) atoms. The fraction of sp³-hybridized carbons (Fsp3) is 0.444. The first-order chi connectivity index (χ1) is 12.3. The monoisotopic (exact) mass is 395 g/mol. The van der Waals surface area contributed by atoms with Crippen molar-refractivity contribution < 1.29 is 13.2 Å². The lowest BCUT2D eigenvalue weighted by Crippen LogP contribution is -2.44. The molecule has 2 heterocycles. The predicted octanol–water partition coefficient (Wildman–Crippen LogP) is 3.12. The van der Waals surface area contributed by atoms with E-state index >= 15 is 0 Å². The Morgan fingerprint density at radius 2 is 1.85 bits per heavy atom. The van der Waals surface area contributed by atoms with E-state index in [1.54, 1.807) is 24.3 Å². The van der Waals surface area contributed by atoms with E-state index in [1.165, 1.54) is 4.31 Å². The van der Waals surface area contributed by atoms with Gasteiger partial charge in [0.15, 0.2) is 0 Å². The molecule has 0 spiro atoms. The zero-order valence-electron chi connectivity index (χ0n) is 14.9. The van der Waals surface area contributed by atoms with Gasteiger partial charge in [0.2, 0.25) is 10.0 Å². The van der Waals surface area contributed by atoms with E-state index in [0.717, 1.165) is 29.8 Å². The second-order valence-electron chi connectivity index (χ2n) is 6.56. The smallest absolute Gasteiger partial charge is 0.317 e. The summed E-state index contributed by atoms with van der Waals surface area (Å²) < 4.78 is 32.9. The maximum absolute atomic E-state index is 12.8. The van der Waals surface area contributed by atoms with Gasteiger partial charge in [0.05, 0.1) is 12.3 Å². The first-order valence-corrected chi connectivity index (χ1v) is 10.5. The number of piperidine rings is 1. The van der Waals surface area contributed by atoms with E-state index in [-0.39, 0.29) is 11.9 Å². The molecule has 0 unspecified atom stereocenters. The minimum atomic E-state index is -3.42. The van der Waals surface area contributed by atoms with Crippen LogP contribution in [0.4, 0.5) is 0 Å². The van der Waals surface area contributed by atoms with Crippen LogP contribution in [-0.4, -0.2) is 41.9 Å². The first kappa shape index (κ1) is 19.1.